The van der Waals surface area contributed by atoms with Crippen molar-refractivity contribution in [2.24, 2.45) is 0 Å². The molecule has 0 bridgehead atoms. The Morgan fingerprint density at radius 2 is 2.28 bits per heavy atom. The van der Waals surface area contributed by atoms with Crippen LogP contribution in [-0.4, -0.2) is 15.1 Å². The summed E-state index contributed by atoms with van der Waals surface area (Å²) in [4.78, 5) is 8.28. The number of anilines is 1. The average Bonchev–Trinajstić information content (AvgIpc) is 2.83. The lowest BCUT2D eigenvalue weighted by molar-refractivity contribution is 0.503. The Labute approximate surface area is 126 Å². The van der Waals surface area contributed by atoms with Crippen LogP contribution in [0.4, 0.5) is 5.82 Å². The molecule has 0 aliphatic heterocycles. The van der Waals surface area contributed by atoms with Crippen LogP contribution in [0, 0.1) is 0 Å². The second kappa shape index (κ2) is 6.26. The molecule has 0 atom stereocenters. The maximum atomic E-state index is 5.18. The minimum absolute atomic E-state index is 0.448. The molecule has 18 heavy (non-hydrogen) atoms. The van der Waals surface area contributed by atoms with Gasteiger partial charge in [-0.05, 0) is 56.2 Å². The fourth-order valence-electron chi connectivity index (χ4n) is 1.16. The molecule has 0 unspecified atom stereocenters. The molecule has 0 spiro atoms. The number of rotatable bonds is 3. The average molecular weight is 392 g/mol. The van der Waals surface area contributed by atoms with Crippen molar-refractivity contribution in [3.8, 4) is 0 Å². The summed E-state index contributed by atoms with van der Waals surface area (Å²) >= 11 is 11.7. The third-order valence-corrected chi connectivity index (χ3v) is 3.12. The number of hydrogen-bond donors (Lipinski definition) is 2. The lowest BCUT2D eigenvalue weighted by atomic mass is 10.4. The zero-order valence-corrected chi connectivity index (χ0v) is 13.0. The lowest BCUT2D eigenvalue weighted by Gasteiger charge is -2.09. The highest BCUT2D eigenvalue weighted by atomic mass is 79.9. The minimum Gasteiger partial charge on any atom is -0.467 e. The quantitative estimate of drug-likeness (QED) is 0.784. The van der Waals surface area contributed by atoms with Crippen LogP contribution >= 0.6 is 44.1 Å². The third-order valence-electron chi connectivity index (χ3n) is 1.94. The normalized spacial score (nSPS) is 10.1. The van der Waals surface area contributed by atoms with Crippen molar-refractivity contribution in [1.29, 1.82) is 0 Å². The van der Waals surface area contributed by atoms with Crippen molar-refractivity contribution >= 4 is 55.0 Å². The third kappa shape index (κ3) is 3.76. The van der Waals surface area contributed by atoms with Crippen LogP contribution in [0.1, 0.15) is 5.76 Å². The minimum atomic E-state index is 0.448. The van der Waals surface area contributed by atoms with E-state index in [1.54, 1.807) is 12.5 Å². The SMILES string of the molecule is S=C(NCc1ccco1)Nc1ncc(Br)nc1Br. The van der Waals surface area contributed by atoms with E-state index in [0.29, 0.717) is 26.7 Å². The van der Waals surface area contributed by atoms with Gasteiger partial charge in [0.1, 0.15) is 15.0 Å². The highest BCUT2D eigenvalue weighted by Gasteiger charge is 2.06. The number of hydrogen-bond acceptors (Lipinski definition) is 4. The van der Waals surface area contributed by atoms with E-state index in [9.17, 15) is 0 Å². The van der Waals surface area contributed by atoms with Gasteiger partial charge in [-0.3, -0.25) is 0 Å². The van der Waals surface area contributed by atoms with Gasteiger partial charge in [-0.25, -0.2) is 9.97 Å². The first-order valence-corrected chi connectivity index (χ1v) is 6.90. The van der Waals surface area contributed by atoms with Gasteiger partial charge < -0.3 is 15.1 Å². The van der Waals surface area contributed by atoms with Gasteiger partial charge in [0.2, 0.25) is 0 Å². The number of thiocarbonyl (C=S) groups is 1. The first-order chi connectivity index (χ1) is 8.65. The Balaban J connectivity index is 1.91. The maximum absolute atomic E-state index is 5.18. The zero-order valence-electron chi connectivity index (χ0n) is 8.98. The highest BCUT2D eigenvalue weighted by Crippen LogP contribution is 2.19. The summed E-state index contributed by atoms with van der Waals surface area (Å²) in [5.74, 6) is 1.36. The molecular weight excluding hydrogens is 384 g/mol. The second-order valence-corrected chi connectivity index (χ2v) is 5.19. The smallest absolute Gasteiger partial charge is 0.172 e. The number of nitrogens with zero attached hydrogens (tertiary/aromatic N) is 2. The zero-order chi connectivity index (χ0) is 13.0. The highest BCUT2D eigenvalue weighted by molar-refractivity contribution is 9.11. The first-order valence-electron chi connectivity index (χ1n) is 4.90. The molecule has 0 saturated carbocycles. The molecule has 94 valence electrons. The van der Waals surface area contributed by atoms with Crippen LogP contribution in [0.15, 0.2) is 38.2 Å². The van der Waals surface area contributed by atoms with E-state index in [1.807, 2.05) is 12.1 Å². The molecule has 0 saturated heterocycles. The molecule has 2 aromatic rings. The van der Waals surface area contributed by atoms with E-state index in [1.165, 1.54) is 0 Å². The fraction of sp³-hybridized carbons (Fsp3) is 0.100. The van der Waals surface area contributed by atoms with Crippen LogP contribution in [0.2, 0.25) is 0 Å². The Hall–Kier alpha value is -0.990. The number of nitrogens with one attached hydrogen (secondary N) is 2. The molecule has 0 radical (unpaired) electrons. The van der Waals surface area contributed by atoms with E-state index in [4.69, 9.17) is 16.6 Å². The largest absolute Gasteiger partial charge is 0.467 e. The standard InChI is InChI=1S/C10H8Br2N4OS/c11-7-5-13-9(8(12)15-7)16-10(18)14-4-6-2-1-3-17-6/h1-3,5H,4H2,(H2,13,14,16,18). The molecular formula is C10H8Br2N4OS. The molecule has 0 aliphatic carbocycles. The predicted molar refractivity (Wildman–Crippen MR) is 79.2 cm³/mol. The van der Waals surface area contributed by atoms with Gasteiger partial charge in [0, 0.05) is 0 Å². The van der Waals surface area contributed by atoms with Gasteiger partial charge in [0.05, 0.1) is 19.0 Å². The van der Waals surface area contributed by atoms with Gasteiger partial charge in [-0.15, -0.1) is 0 Å². The summed E-state index contributed by atoms with van der Waals surface area (Å²) < 4.78 is 6.41. The maximum Gasteiger partial charge on any atom is 0.172 e. The van der Waals surface area contributed by atoms with Crippen LogP contribution in [0.5, 0.6) is 0 Å². The van der Waals surface area contributed by atoms with Crippen LogP contribution in [0.3, 0.4) is 0 Å². The van der Waals surface area contributed by atoms with E-state index in [0.717, 1.165) is 5.76 Å². The van der Waals surface area contributed by atoms with Gasteiger partial charge in [-0.2, -0.15) is 0 Å². The molecule has 2 aromatic heterocycles. The molecule has 0 aromatic carbocycles. The molecule has 2 heterocycles. The second-order valence-electron chi connectivity index (χ2n) is 3.22. The fourth-order valence-corrected chi connectivity index (χ4v) is 2.24. The first kappa shape index (κ1) is 13.4. The summed E-state index contributed by atoms with van der Waals surface area (Å²) in [7, 11) is 0. The van der Waals surface area contributed by atoms with Crippen LogP contribution in [-0.2, 0) is 6.54 Å². The summed E-state index contributed by atoms with van der Waals surface area (Å²) in [6.45, 7) is 0.514. The van der Waals surface area contributed by atoms with Crippen molar-refractivity contribution in [1.82, 2.24) is 15.3 Å². The summed E-state index contributed by atoms with van der Waals surface area (Å²) in [6.07, 6.45) is 3.20. The molecule has 0 fully saturated rings. The van der Waals surface area contributed by atoms with Crippen LogP contribution < -0.4 is 10.6 Å². The van der Waals surface area contributed by atoms with Crippen LogP contribution in [0.25, 0.3) is 0 Å². The molecule has 2 rings (SSSR count). The molecule has 5 nitrogen and oxygen atoms in total. The van der Waals surface area contributed by atoms with Gasteiger partial charge in [-0.1, -0.05) is 0 Å². The molecule has 8 heteroatoms. The summed E-state index contributed by atoms with van der Waals surface area (Å²) in [5, 5.41) is 6.39. The monoisotopic (exact) mass is 390 g/mol. The number of furan rings is 1. The van der Waals surface area contributed by atoms with Crippen molar-refractivity contribution in [3.63, 3.8) is 0 Å². The number of aromatic nitrogens is 2. The van der Waals surface area contributed by atoms with E-state index in [2.05, 4.69) is 52.5 Å². The molecule has 2 N–H and O–H groups in total. The number of halogens is 2. The Morgan fingerprint density at radius 3 is 2.94 bits per heavy atom. The van der Waals surface area contributed by atoms with E-state index in [-0.39, 0.29) is 0 Å². The van der Waals surface area contributed by atoms with Crippen molar-refractivity contribution in [2.45, 2.75) is 6.54 Å². The predicted octanol–water partition coefficient (Wildman–Crippen LogP) is 3.08. The summed E-state index contributed by atoms with van der Waals surface area (Å²) in [5.41, 5.74) is 0. The Morgan fingerprint density at radius 1 is 1.44 bits per heavy atom. The Bertz CT molecular complexity index is 547. The van der Waals surface area contributed by atoms with Gasteiger partial charge in [0.15, 0.2) is 10.9 Å². The molecule has 0 amide bonds. The summed E-state index contributed by atoms with van der Waals surface area (Å²) in [6, 6.07) is 3.69. The van der Waals surface area contributed by atoms with Gasteiger partial charge >= 0.3 is 0 Å². The van der Waals surface area contributed by atoms with Gasteiger partial charge in [0.25, 0.3) is 0 Å². The topological polar surface area (TPSA) is 63.0 Å². The lowest BCUT2D eigenvalue weighted by Crippen LogP contribution is -2.28. The molecule has 0 aliphatic rings. The van der Waals surface area contributed by atoms with E-state index < -0.39 is 0 Å². The van der Waals surface area contributed by atoms with Crippen molar-refractivity contribution < 1.29 is 4.42 Å². The van der Waals surface area contributed by atoms with Crippen molar-refractivity contribution in [2.75, 3.05) is 5.32 Å². The van der Waals surface area contributed by atoms with Crippen molar-refractivity contribution in [3.05, 3.63) is 39.6 Å². The Kier molecular flexibility index (Phi) is 4.67. The van der Waals surface area contributed by atoms with E-state index >= 15 is 0 Å².